The third-order valence-electron chi connectivity index (χ3n) is 7.37. The van der Waals surface area contributed by atoms with E-state index in [1.165, 1.54) is 6.42 Å². The average molecular weight is 718 g/mol. The summed E-state index contributed by atoms with van der Waals surface area (Å²) in [5.74, 6) is 3.63. The Morgan fingerprint density at radius 3 is 1.67 bits per heavy atom. The van der Waals surface area contributed by atoms with E-state index in [0.717, 1.165) is 22.4 Å². The van der Waals surface area contributed by atoms with E-state index in [2.05, 4.69) is 30.0 Å². The second kappa shape index (κ2) is 20.8. The fraction of sp³-hybridized carbons (Fsp3) is 0.325. The number of fused-ring (bicyclic) bond motifs is 1. The van der Waals surface area contributed by atoms with Crippen molar-refractivity contribution in [3.05, 3.63) is 89.0 Å². The number of hydrogen-bond acceptors (Lipinski definition) is 11. The summed E-state index contributed by atoms with van der Waals surface area (Å²) in [4.78, 5) is 18.4. The summed E-state index contributed by atoms with van der Waals surface area (Å²) in [5, 5.41) is 6.30. The minimum atomic E-state index is -0.429. The molecule has 5 rings (SSSR count). The third-order valence-corrected chi connectivity index (χ3v) is 7.37. The Kier molecular flexibility index (Phi) is 16.3. The molecular formula is C40H51N3O9. The molecule has 0 saturated carbocycles. The van der Waals surface area contributed by atoms with Crippen LogP contribution in [0.25, 0.3) is 12.2 Å². The van der Waals surface area contributed by atoms with Gasteiger partial charge in [0.05, 0.1) is 48.2 Å². The van der Waals surface area contributed by atoms with Gasteiger partial charge in [-0.15, -0.1) is 5.48 Å². The Balaban J connectivity index is 0.00000139. The number of amides is 1. The van der Waals surface area contributed by atoms with Crippen LogP contribution in [-0.2, 0) is 0 Å². The van der Waals surface area contributed by atoms with Crippen LogP contribution in [0.2, 0.25) is 0 Å². The minimum absolute atomic E-state index is 0.0312. The molecule has 280 valence electrons. The van der Waals surface area contributed by atoms with Gasteiger partial charge < -0.3 is 48.6 Å². The molecule has 0 saturated heterocycles. The van der Waals surface area contributed by atoms with Crippen molar-refractivity contribution in [3.8, 4) is 46.0 Å². The molecule has 0 spiro atoms. The van der Waals surface area contributed by atoms with Gasteiger partial charge in [0.25, 0.3) is 5.91 Å². The van der Waals surface area contributed by atoms with Crippen LogP contribution in [0.1, 0.15) is 67.3 Å². The zero-order valence-corrected chi connectivity index (χ0v) is 31.7. The van der Waals surface area contributed by atoms with E-state index in [1.807, 2.05) is 74.5 Å². The summed E-state index contributed by atoms with van der Waals surface area (Å²) in [6, 6.07) is 20.1. The quantitative estimate of drug-likeness (QED) is 0.0507. The molecule has 0 radical (unpaired) electrons. The second-order valence-electron chi connectivity index (χ2n) is 10.8. The van der Waals surface area contributed by atoms with Gasteiger partial charge in [0.15, 0.2) is 41.2 Å². The largest absolute Gasteiger partial charge is 0.493 e. The third kappa shape index (κ3) is 10.2. The molecule has 12 nitrogen and oxygen atoms in total. The summed E-state index contributed by atoms with van der Waals surface area (Å²) >= 11 is 0. The van der Waals surface area contributed by atoms with Crippen LogP contribution in [0, 0.1) is 0 Å². The maximum Gasteiger partial charge on any atom is 0.255 e. The maximum atomic E-state index is 12.6. The van der Waals surface area contributed by atoms with Crippen molar-refractivity contribution in [2.45, 2.75) is 40.3 Å². The SMILES string of the molecule is CC.CCC.COc1cc(C2NC(=O)c3ccccc3N2)ccc1OCNOc1c(OC)cc(/C=C\c2cc(OC)c(OC)c(OC)c2)cc1OC. The van der Waals surface area contributed by atoms with Crippen LogP contribution < -0.4 is 54.1 Å². The molecule has 1 aliphatic heterocycles. The first kappa shape index (κ1) is 40.7. The zero-order chi connectivity index (χ0) is 38.0. The van der Waals surface area contributed by atoms with Crippen molar-refractivity contribution in [1.82, 2.24) is 10.8 Å². The molecule has 0 fully saturated rings. The Bertz CT molecular complexity index is 1730. The van der Waals surface area contributed by atoms with E-state index in [0.29, 0.717) is 51.6 Å². The molecule has 0 bridgehead atoms. The summed E-state index contributed by atoms with van der Waals surface area (Å²) in [5.41, 5.74) is 6.59. The molecule has 1 aliphatic rings. The number of anilines is 1. The number of rotatable bonds is 14. The summed E-state index contributed by atoms with van der Waals surface area (Å²) in [6.07, 6.45) is 4.62. The Morgan fingerprint density at radius 1 is 0.635 bits per heavy atom. The Labute approximate surface area is 306 Å². The summed E-state index contributed by atoms with van der Waals surface area (Å²) in [7, 11) is 9.33. The molecule has 12 heteroatoms. The number of methoxy groups -OCH3 is 6. The van der Waals surface area contributed by atoms with Gasteiger partial charge in [0.2, 0.25) is 11.5 Å². The number of carbonyl (C=O) groups excluding carboxylic acids is 1. The lowest BCUT2D eigenvalue weighted by Gasteiger charge is -2.28. The first-order valence-electron chi connectivity index (χ1n) is 16.9. The maximum absolute atomic E-state index is 12.6. The average Bonchev–Trinajstić information content (AvgIpc) is 3.19. The number of para-hydroxylation sites is 1. The van der Waals surface area contributed by atoms with E-state index in [4.69, 9.17) is 38.0 Å². The molecule has 1 atom stereocenters. The highest BCUT2D eigenvalue weighted by Crippen LogP contribution is 2.41. The van der Waals surface area contributed by atoms with Crippen molar-refractivity contribution in [2.24, 2.45) is 0 Å². The van der Waals surface area contributed by atoms with E-state index in [-0.39, 0.29) is 12.6 Å². The van der Waals surface area contributed by atoms with Gasteiger partial charge in [-0.25, -0.2) is 0 Å². The molecule has 4 aromatic carbocycles. The molecule has 0 aromatic heterocycles. The Hall–Kier alpha value is -5.75. The molecule has 4 aromatic rings. The second-order valence-corrected chi connectivity index (χ2v) is 10.8. The van der Waals surface area contributed by atoms with Gasteiger partial charge in [-0.1, -0.05) is 64.5 Å². The number of benzene rings is 4. The number of carbonyl (C=O) groups is 1. The van der Waals surface area contributed by atoms with Crippen LogP contribution in [0.15, 0.2) is 66.7 Å². The topological polar surface area (TPSA) is 127 Å². The number of nitrogens with one attached hydrogen (secondary N) is 3. The Morgan fingerprint density at radius 2 is 1.15 bits per heavy atom. The predicted molar refractivity (Wildman–Crippen MR) is 204 cm³/mol. The minimum Gasteiger partial charge on any atom is -0.493 e. The predicted octanol–water partition coefficient (Wildman–Crippen LogP) is 8.13. The molecule has 52 heavy (non-hydrogen) atoms. The van der Waals surface area contributed by atoms with Gasteiger partial charge in [0.1, 0.15) is 6.17 Å². The first-order chi connectivity index (χ1) is 25.3. The highest BCUT2D eigenvalue weighted by atomic mass is 16.7. The van der Waals surface area contributed by atoms with Crippen molar-refractivity contribution in [3.63, 3.8) is 0 Å². The number of ether oxygens (including phenoxy) is 7. The van der Waals surface area contributed by atoms with Crippen LogP contribution in [0.3, 0.4) is 0 Å². The standard InChI is InChI=1S/C35H37N3O9.C3H8.C2H6/c1-40-27-19-23(34-37-25-10-8-7-9-24(25)35(39)38-34)13-14-26(27)46-20-36-47-33-30(43-4)17-22(18-31(33)44-5)12-11-21-15-28(41-2)32(45-6)29(16-21)42-3;1-3-2;1-2/h7-19,34,36-37H,20H2,1-6H3,(H,38,39);3H2,1-2H3;1-2H3/b12-11-;;. The smallest absolute Gasteiger partial charge is 0.255 e. The molecule has 1 heterocycles. The first-order valence-corrected chi connectivity index (χ1v) is 16.9. The molecular weight excluding hydrogens is 666 g/mol. The fourth-order valence-corrected chi connectivity index (χ4v) is 5.05. The molecule has 1 unspecified atom stereocenters. The van der Waals surface area contributed by atoms with Crippen LogP contribution in [-0.4, -0.2) is 55.3 Å². The van der Waals surface area contributed by atoms with Crippen molar-refractivity contribution in [1.29, 1.82) is 0 Å². The van der Waals surface area contributed by atoms with Gasteiger partial charge in [-0.05, 0) is 65.2 Å². The normalized spacial score (nSPS) is 12.7. The zero-order valence-electron chi connectivity index (χ0n) is 31.7. The number of hydroxylamine groups is 1. The van der Waals surface area contributed by atoms with E-state index in [1.54, 1.807) is 60.9 Å². The van der Waals surface area contributed by atoms with Crippen molar-refractivity contribution >= 4 is 23.7 Å². The van der Waals surface area contributed by atoms with Crippen molar-refractivity contribution < 1.29 is 42.8 Å². The van der Waals surface area contributed by atoms with Crippen LogP contribution in [0.5, 0.6) is 46.0 Å². The van der Waals surface area contributed by atoms with Gasteiger partial charge >= 0.3 is 0 Å². The van der Waals surface area contributed by atoms with E-state index in [9.17, 15) is 4.79 Å². The van der Waals surface area contributed by atoms with E-state index >= 15 is 0 Å². The summed E-state index contributed by atoms with van der Waals surface area (Å²) < 4.78 is 39.0. The highest BCUT2D eigenvalue weighted by Gasteiger charge is 2.25. The fourth-order valence-electron chi connectivity index (χ4n) is 5.05. The van der Waals surface area contributed by atoms with Gasteiger partial charge in [-0.3, -0.25) is 4.79 Å². The lowest BCUT2D eigenvalue weighted by Crippen LogP contribution is -2.38. The van der Waals surface area contributed by atoms with Gasteiger partial charge in [0, 0.05) is 5.69 Å². The number of hydrogen-bond donors (Lipinski definition) is 3. The summed E-state index contributed by atoms with van der Waals surface area (Å²) in [6.45, 7) is 8.22. The van der Waals surface area contributed by atoms with Crippen LogP contribution >= 0.6 is 0 Å². The lowest BCUT2D eigenvalue weighted by molar-refractivity contribution is 0.0935. The lowest BCUT2D eigenvalue weighted by atomic mass is 10.1. The monoisotopic (exact) mass is 717 g/mol. The van der Waals surface area contributed by atoms with Crippen LogP contribution in [0.4, 0.5) is 5.69 Å². The van der Waals surface area contributed by atoms with E-state index < -0.39 is 6.17 Å². The highest BCUT2D eigenvalue weighted by molar-refractivity contribution is 6.01. The van der Waals surface area contributed by atoms with Crippen molar-refractivity contribution in [2.75, 3.05) is 54.7 Å². The molecule has 0 aliphatic carbocycles. The molecule has 1 amide bonds. The molecule has 3 N–H and O–H groups in total. The van der Waals surface area contributed by atoms with Gasteiger partial charge in [-0.2, -0.15) is 0 Å².